The average molecular weight is 430 g/mol. The minimum atomic E-state index is -3.72. The van der Waals surface area contributed by atoms with Crippen molar-refractivity contribution in [3.05, 3.63) is 59.1 Å². The molecule has 0 aliphatic rings. The van der Waals surface area contributed by atoms with Crippen molar-refractivity contribution in [2.24, 2.45) is 0 Å². The van der Waals surface area contributed by atoms with Gasteiger partial charge in [0.2, 0.25) is 10.0 Å². The van der Waals surface area contributed by atoms with E-state index in [1.165, 1.54) is 36.1 Å². The Hall–Kier alpha value is -3.24. The number of rotatable bonds is 5. The molecule has 0 radical (unpaired) electrons. The maximum absolute atomic E-state index is 12.8. The topological polar surface area (TPSA) is 123 Å². The van der Waals surface area contributed by atoms with Gasteiger partial charge in [-0.2, -0.15) is 0 Å². The van der Waals surface area contributed by atoms with E-state index in [1.807, 2.05) is 0 Å². The smallest absolute Gasteiger partial charge is 0.308 e. The minimum absolute atomic E-state index is 0.00191. The second-order valence-electron chi connectivity index (χ2n) is 7.65. The van der Waals surface area contributed by atoms with E-state index in [0.717, 1.165) is 0 Å². The van der Waals surface area contributed by atoms with Crippen LogP contribution in [0.5, 0.6) is 5.75 Å². The lowest BCUT2D eigenvalue weighted by Gasteiger charge is -2.20. The van der Waals surface area contributed by atoms with Crippen molar-refractivity contribution in [1.82, 2.24) is 19.5 Å². The summed E-state index contributed by atoms with van der Waals surface area (Å²) in [7, 11) is -3.72. The zero-order valence-electron chi connectivity index (χ0n) is 17.0. The molecule has 9 nitrogen and oxygen atoms in total. The van der Waals surface area contributed by atoms with E-state index in [0.29, 0.717) is 16.9 Å². The fourth-order valence-corrected chi connectivity index (χ4v) is 4.10. The maximum Gasteiger partial charge on any atom is 0.308 e. The number of hydrogen-bond donors (Lipinski definition) is 2. The molecule has 10 heteroatoms. The number of sulfonamides is 1. The quantitative estimate of drug-likeness (QED) is 0.473. The Balaban J connectivity index is 1.87. The van der Waals surface area contributed by atoms with Gasteiger partial charge >= 0.3 is 5.97 Å². The molecule has 0 saturated heterocycles. The van der Waals surface area contributed by atoms with Gasteiger partial charge in [-0.3, -0.25) is 14.7 Å². The van der Waals surface area contributed by atoms with Crippen LogP contribution >= 0.6 is 0 Å². The monoisotopic (exact) mass is 430 g/mol. The van der Waals surface area contributed by atoms with E-state index in [-0.39, 0.29) is 16.3 Å². The molecule has 0 unspecified atom stereocenters. The van der Waals surface area contributed by atoms with Crippen molar-refractivity contribution < 1.29 is 17.9 Å². The van der Waals surface area contributed by atoms with E-state index in [1.54, 1.807) is 45.0 Å². The van der Waals surface area contributed by atoms with E-state index in [9.17, 15) is 18.0 Å². The van der Waals surface area contributed by atoms with E-state index < -0.39 is 21.5 Å². The first-order valence-corrected chi connectivity index (χ1v) is 10.5. The minimum Gasteiger partial charge on any atom is -0.427 e. The van der Waals surface area contributed by atoms with Crippen molar-refractivity contribution in [3.63, 3.8) is 0 Å². The third kappa shape index (κ3) is 4.84. The predicted molar refractivity (Wildman–Crippen MR) is 111 cm³/mol. The highest BCUT2D eigenvalue weighted by molar-refractivity contribution is 7.89. The molecular formula is C20H22N4O5S. The fraction of sp³-hybridized carbons (Fsp3) is 0.250. The van der Waals surface area contributed by atoms with Crippen LogP contribution in [0, 0.1) is 0 Å². The summed E-state index contributed by atoms with van der Waals surface area (Å²) >= 11 is 0. The molecule has 0 aliphatic heterocycles. The number of aromatic amines is 1. The molecular weight excluding hydrogens is 408 g/mol. The van der Waals surface area contributed by atoms with Crippen LogP contribution in [0.25, 0.3) is 16.9 Å². The first-order valence-electron chi connectivity index (χ1n) is 9.06. The first kappa shape index (κ1) is 21.5. The Morgan fingerprint density at radius 2 is 1.80 bits per heavy atom. The van der Waals surface area contributed by atoms with Gasteiger partial charge in [0.1, 0.15) is 10.6 Å². The highest BCUT2D eigenvalue weighted by Gasteiger charge is 2.22. The summed E-state index contributed by atoms with van der Waals surface area (Å²) < 4.78 is 33.5. The molecule has 2 N–H and O–H groups in total. The summed E-state index contributed by atoms with van der Waals surface area (Å²) in [6.45, 7) is 6.53. The van der Waals surface area contributed by atoms with E-state index >= 15 is 0 Å². The molecule has 1 aromatic carbocycles. The summed E-state index contributed by atoms with van der Waals surface area (Å²) in [5.41, 5.74) is 0.0243. The maximum atomic E-state index is 12.8. The van der Waals surface area contributed by atoms with Gasteiger partial charge in [0.15, 0.2) is 5.82 Å². The number of carbonyl (C=O) groups excluding carboxylic acids is 1. The summed E-state index contributed by atoms with van der Waals surface area (Å²) in [4.78, 5) is 27.9. The fourth-order valence-electron chi connectivity index (χ4n) is 2.74. The molecule has 0 amide bonds. The SMILES string of the molecule is CC(=O)Oc1ccc(-c2c[nH]n(-c3ccc(S(=O)(=O)NC(C)(C)C)cn3)c2=O)cc1. The Morgan fingerprint density at radius 3 is 2.33 bits per heavy atom. The third-order valence-corrected chi connectivity index (χ3v) is 5.64. The molecule has 0 aliphatic carbocycles. The molecule has 0 atom stereocenters. The molecule has 0 fully saturated rings. The number of pyridine rings is 1. The molecule has 0 bridgehead atoms. The Bertz CT molecular complexity index is 1220. The molecule has 2 heterocycles. The lowest BCUT2D eigenvalue weighted by atomic mass is 10.1. The van der Waals surface area contributed by atoms with Gasteiger partial charge in [0.05, 0.1) is 5.56 Å². The van der Waals surface area contributed by atoms with Gasteiger partial charge in [0, 0.05) is 24.9 Å². The van der Waals surface area contributed by atoms with Crippen LogP contribution in [0.3, 0.4) is 0 Å². The second kappa shape index (κ2) is 7.88. The summed E-state index contributed by atoms with van der Waals surface area (Å²) in [5, 5.41) is 2.82. The van der Waals surface area contributed by atoms with Gasteiger partial charge in [-0.15, -0.1) is 0 Å². The molecule has 3 aromatic rings. The second-order valence-corrected chi connectivity index (χ2v) is 9.34. The highest BCUT2D eigenvalue weighted by atomic mass is 32.2. The van der Waals surface area contributed by atoms with Crippen LogP contribution in [0.2, 0.25) is 0 Å². The number of hydrogen-bond acceptors (Lipinski definition) is 6. The average Bonchev–Trinajstić information content (AvgIpc) is 3.01. The molecule has 0 spiro atoms. The van der Waals surface area contributed by atoms with Crippen molar-refractivity contribution in [3.8, 4) is 22.7 Å². The van der Waals surface area contributed by atoms with Gasteiger partial charge in [-0.05, 0) is 50.6 Å². The lowest BCUT2D eigenvalue weighted by molar-refractivity contribution is -0.131. The zero-order valence-corrected chi connectivity index (χ0v) is 17.8. The molecule has 3 rings (SSSR count). The van der Waals surface area contributed by atoms with Crippen molar-refractivity contribution in [2.45, 2.75) is 38.1 Å². The van der Waals surface area contributed by atoms with Gasteiger partial charge in [0.25, 0.3) is 5.56 Å². The zero-order chi connectivity index (χ0) is 22.1. The van der Waals surface area contributed by atoms with Crippen molar-refractivity contribution in [2.75, 3.05) is 0 Å². The van der Waals surface area contributed by atoms with Gasteiger partial charge < -0.3 is 4.74 Å². The van der Waals surface area contributed by atoms with E-state index in [4.69, 9.17) is 4.74 Å². The normalized spacial score (nSPS) is 12.0. The summed E-state index contributed by atoms with van der Waals surface area (Å²) in [6.07, 6.45) is 2.72. The van der Waals surface area contributed by atoms with Crippen LogP contribution in [0.4, 0.5) is 0 Å². The number of aromatic nitrogens is 3. The first-order chi connectivity index (χ1) is 14.0. The van der Waals surface area contributed by atoms with Gasteiger partial charge in [-0.1, -0.05) is 12.1 Å². The molecule has 30 heavy (non-hydrogen) atoms. The Morgan fingerprint density at radius 1 is 1.13 bits per heavy atom. The van der Waals surface area contributed by atoms with Crippen molar-refractivity contribution >= 4 is 16.0 Å². The Kier molecular flexibility index (Phi) is 5.64. The van der Waals surface area contributed by atoms with Crippen molar-refractivity contribution in [1.29, 1.82) is 0 Å². The molecule has 0 saturated carbocycles. The number of nitrogens with zero attached hydrogens (tertiary/aromatic N) is 2. The molecule has 158 valence electrons. The summed E-state index contributed by atoms with van der Waals surface area (Å²) in [6, 6.07) is 9.34. The standard InChI is InChI=1S/C20H22N4O5S/c1-13(25)29-15-7-5-14(6-8-15)17-12-22-24(19(17)26)18-10-9-16(11-21-18)30(27,28)23-20(2,3)4/h5-12,22-23H,1-4H3. The number of nitrogens with one attached hydrogen (secondary N) is 2. The predicted octanol–water partition coefficient (Wildman–Crippen LogP) is 2.23. The largest absolute Gasteiger partial charge is 0.427 e. The van der Waals surface area contributed by atoms with Crippen LogP contribution in [0.15, 0.2) is 58.5 Å². The third-order valence-electron chi connectivity index (χ3n) is 3.90. The van der Waals surface area contributed by atoms with Crippen LogP contribution < -0.4 is 15.0 Å². The highest BCUT2D eigenvalue weighted by Crippen LogP contribution is 2.20. The number of carbonyl (C=O) groups is 1. The molecule has 2 aromatic heterocycles. The van der Waals surface area contributed by atoms with E-state index in [2.05, 4.69) is 14.8 Å². The summed E-state index contributed by atoms with van der Waals surface area (Å²) in [5.74, 6) is 0.197. The number of benzene rings is 1. The van der Waals surface area contributed by atoms with Crippen LogP contribution in [-0.2, 0) is 14.8 Å². The number of H-pyrrole nitrogens is 1. The number of esters is 1. The Labute approximate surface area is 173 Å². The van der Waals surface area contributed by atoms with Gasteiger partial charge in [-0.25, -0.2) is 22.8 Å². The van der Waals surface area contributed by atoms with Crippen LogP contribution in [0.1, 0.15) is 27.7 Å². The number of ether oxygens (including phenoxy) is 1. The van der Waals surface area contributed by atoms with Crippen LogP contribution in [-0.4, -0.2) is 34.7 Å². The lowest BCUT2D eigenvalue weighted by Crippen LogP contribution is -2.40.